The molecule has 138 valence electrons. The second kappa shape index (κ2) is 9.60. The molecule has 0 aromatic heterocycles. The van der Waals surface area contributed by atoms with E-state index in [0.717, 1.165) is 19.3 Å². The Morgan fingerprint density at radius 1 is 0.870 bits per heavy atom. The first-order valence-corrected chi connectivity index (χ1v) is 8.47. The van der Waals surface area contributed by atoms with Gasteiger partial charge in [0.25, 0.3) is 0 Å². The highest BCUT2D eigenvalue weighted by atomic mass is 16.6. The van der Waals surface area contributed by atoms with Crippen LogP contribution in [0.2, 0.25) is 0 Å². The monoisotopic (exact) mass is 332 g/mol. The third kappa shape index (κ3) is 13.5. The molecule has 0 heterocycles. The number of esters is 1. The van der Waals surface area contributed by atoms with Crippen molar-refractivity contribution in [1.29, 1.82) is 0 Å². The van der Waals surface area contributed by atoms with Crippen LogP contribution in [0.25, 0.3) is 0 Å². The molecule has 0 aliphatic rings. The minimum absolute atomic E-state index is 0.187. The van der Waals surface area contributed by atoms with Crippen molar-refractivity contribution in [2.24, 2.45) is 0 Å². The largest absolute Gasteiger partial charge is 0.460 e. The average molecular weight is 332 g/mol. The first kappa shape index (κ1) is 22.4. The van der Waals surface area contributed by atoms with Crippen LogP contribution in [0.1, 0.15) is 74.1 Å². The standard InChI is InChI=1S/C18H36O5/c1-16(2,3)23-15(20)9-13-21-18(6,7)11-14-22-17(4,5)10-8-12-19/h19H,8-14H2,1-7H3. The van der Waals surface area contributed by atoms with E-state index in [1.807, 2.05) is 48.5 Å². The molecule has 0 amide bonds. The molecule has 0 radical (unpaired) electrons. The Labute approximate surface area is 141 Å². The summed E-state index contributed by atoms with van der Waals surface area (Å²) in [4.78, 5) is 11.6. The van der Waals surface area contributed by atoms with Gasteiger partial charge in [-0.3, -0.25) is 4.79 Å². The first-order chi connectivity index (χ1) is 10.4. The molecular weight excluding hydrogens is 296 g/mol. The van der Waals surface area contributed by atoms with E-state index in [9.17, 15) is 4.79 Å². The van der Waals surface area contributed by atoms with Crippen LogP contribution in [-0.2, 0) is 19.0 Å². The number of carbonyl (C=O) groups excluding carboxylic acids is 1. The van der Waals surface area contributed by atoms with E-state index >= 15 is 0 Å². The zero-order valence-corrected chi connectivity index (χ0v) is 16.0. The van der Waals surface area contributed by atoms with Gasteiger partial charge in [-0.1, -0.05) is 0 Å². The van der Waals surface area contributed by atoms with Gasteiger partial charge in [-0.15, -0.1) is 0 Å². The molecule has 0 rings (SSSR count). The average Bonchev–Trinajstić information content (AvgIpc) is 2.33. The predicted octanol–water partition coefficient (Wildman–Crippen LogP) is 3.47. The highest BCUT2D eigenvalue weighted by Gasteiger charge is 2.23. The van der Waals surface area contributed by atoms with Gasteiger partial charge in [0, 0.05) is 6.61 Å². The molecule has 0 aromatic carbocycles. The Morgan fingerprint density at radius 2 is 1.39 bits per heavy atom. The van der Waals surface area contributed by atoms with Crippen LogP contribution in [0.3, 0.4) is 0 Å². The second-order valence-electron chi connectivity index (χ2n) is 8.13. The van der Waals surface area contributed by atoms with Crippen LogP contribution in [0.15, 0.2) is 0 Å². The number of aliphatic hydroxyl groups is 1. The summed E-state index contributed by atoms with van der Waals surface area (Å²) in [6.45, 7) is 14.7. The van der Waals surface area contributed by atoms with Gasteiger partial charge in [-0.05, 0) is 67.7 Å². The lowest BCUT2D eigenvalue weighted by molar-refractivity contribution is -0.157. The molecule has 5 nitrogen and oxygen atoms in total. The third-order valence-corrected chi connectivity index (χ3v) is 3.35. The molecule has 0 spiro atoms. The highest BCUT2D eigenvalue weighted by molar-refractivity contribution is 5.69. The van der Waals surface area contributed by atoms with Gasteiger partial charge in [0.2, 0.25) is 0 Å². The van der Waals surface area contributed by atoms with Gasteiger partial charge in [0.05, 0.1) is 30.8 Å². The van der Waals surface area contributed by atoms with Gasteiger partial charge in [-0.25, -0.2) is 0 Å². The summed E-state index contributed by atoms with van der Waals surface area (Å²) in [5.74, 6) is -0.241. The predicted molar refractivity (Wildman–Crippen MR) is 91.5 cm³/mol. The van der Waals surface area contributed by atoms with Crippen molar-refractivity contribution < 1.29 is 24.1 Å². The number of hydrogen-bond donors (Lipinski definition) is 1. The smallest absolute Gasteiger partial charge is 0.308 e. The maximum Gasteiger partial charge on any atom is 0.308 e. The lowest BCUT2D eigenvalue weighted by Crippen LogP contribution is -2.32. The van der Waals surface area contributed by atoms with Gasteiger partial charge in [0.1, 0.15) is 5.60 Å². The van der Waals surface area contributed by atoms with Crippen LogP contribution < -0.4 is 0 Å². The summed E-state index contributed by atoms with van der Waals surface area (Å²) in [5.41, 5.74) is -1.05. The lowest BCUT2D eigenvalue weighted by atomic mass is 10.0. The number of aliphatic hydroxyl groups excluding tert-OH is 1. The Morgan fingerprint density at radius 3 is 1.91 bits per heavy atom. The summed E-state index contributed by atoms with van der Waals surface area (Å²) in [6, 6.07) is 0. The van der Waals surface area contributed by atoms with E-state index in [4.69, 9.17) is 19.3 Å². The lowest BCUT2D eigenvalue weighted by Gasteiger charge is -2.29. The van der Waals surface area contributed by atoms with Crippen LogP contribution in [-0.4, -0.2) is 47.7 Å². The Bertz CT molecular complexity index is 342. The van der Waals surface area contributed by atoms with Gasteiger partial charge >= 0.3 is 5.97 Å². The zero-order chi connectivity index (χ0) is 18.1. The van der Waals surface area contributed by atoms with Crippen LogP contribution in [0, 0.1) is 0 Å². The fourth-order valence-corrected chi connectivity index (χ4v) is 2.03. The van der Waals surface area contributed by atoms with E-state index in [0.29, 0.717) is 13.2 Å². The molecule has 0 aliphatic heterocycles. The van der Waals surface area contributed by atoms with Gasteiger partial charge in [-0.2, -0.15) is 0 Å². The molecule has 0 aromatic rings. The Hall–Kier alpha value is -0.650. The Kier molecular flexibility index (Phi) is 9.33. The molecule has 0 aliphatic carbocycles. The molecule has 0 saturated heterocycles. The number of rotatable bonds is 11. The summed E-state index contributed by atoms with van der Waals surface area (Å²) >= 11 is 0. The normalized spacial score (nSPS) is 13.2. The number of ether oxygens (including phenoxy) is 3. The summed E-state index contributed by atoms with van der Waals surface area (Å²) in [7, 11) is 0. The summed E-state index contributed by atoms with van der Waals surface area (Å²) in [5, 5.41) is 8.88. The van der Waals surface area contributed by atoms with Crippen molar-refractivity contribution >= 4 is 5.97 Å². The second-order valence-corrected chi connectivity index (χ2v) is 8.13. The molecular formula is C18H36O5. The third-order valence-electron chi connectivity index (χ3n) is 3.35. The first-order valence-electron chi connectivity index (χ1n) is 8.47. The maximum absolute atomic E-state index is 11.6. The highest BCUT2D eigenvalue weighted by Crippen LogP contribution is 2.21. The number of hydrogen-bond acceptors (Lipinski definition) is 5. The topological polar surface area (TPSA) is 65.0 Å². The van der Waals surface area contributed by atoms with E-state index in [2.05, 4.69) is 0 Å². The van der Waals surface area contributed by atoms with E-state index in [-0.39, 0.29) is 30.2 Å². The van der Waals surface area contributed by atoms with Crippen molar-refractivity contribution in [1.82, 2.24) is 0 Å². The molecule has 0 unspecified atom stereocenters. The van der Waals surface area contributed by atoms with E-state index in [1.165, 1.54) is 0 Å². The van der Waals surface area contributed by atoms with Crippen molar-refractivity contribution in [2.45, 2.75) is 91.0 Å². The maximum atomic E-state index is 11.6. The molecule has 0 bridgehead atoms. The van der Waals surface area contributed by atoms with Crippen LogP contribution in [0.4, 0.5) is 0 Å². The molecule has 23 heavy (non-hydrogen) atoms. The summed E-state index contributed by atoms with van der Waals surface area (Å²) in [6.07, 6.45) is 2.56. The Balaban J connectivity index is 3.99. The van der Waals surface area contributed by atoms with Gasteiger partial charge < -0.3 is 19.3 Å². The zero-order valence-electron chi connectivity index (χ0n) is 16.0. The van der Waals surface area contributed by atoms with E-state index < -0.39 is 5.60 Å². The minimum atomic E-state index is -0.458. The van der Waals surface area contributed by atoms with Crippen molar-refractivity contribution in [2.75, 3.05) is 19.8 Å². The van der Waals surface area contributed by atoms with Crippen LogP contribution >= 0.6 is 0 Å². The van der Waals surface area contributed by atoms with Crippen molar-refractivity contribution in [3.63, 3.8) is 0 Å². The van der Waals surface area contributed by atoms with Crippen molar-refractivity contribution in [3.05, 3.63) is 0 Å². The minimum Gasteiger partial charge on any atom is -0.460 e. The number of carbonyl (C=O) groups is 1. The SMILES string of the molecule is CC(C)(C)OC(=O)CCOC(C)(C)CCOC(C)(C)CCCO. The van der Waals surface area contributed by atoms with Crippen molar-refractivity contribution in [3.8, 4) is 0 Å². The quantitative estimate of drug-likeness (QED) is 0.587. The molecule has 0 atom stereocenters. The molecule has 1 N–H and O–H groups in total. The fraction of sp³-hybridized carbons (Fsp3) is 0.944. The molecule has 0 fully saturated rings. The summed E-state index contributed by atoms with van der Waals surface area (Å²) < 4.78 is 16.9. The molecule has 5 heteroatoms. The van der Waals surface area contributed by atoms with Crippen LogP contribution in [0.5, 0.6) is 0 Å². The van der Waals surface area contributed by atoms with E-state index in [1.54, 1.807) is 0 Å². The van der Waals surface area contributed by atoms with Gasteiger partial charge in [0.15, 0.2) is 0 Å². The fourth-order valence-electron chi connectivity index (χ4n) is 2.03. The molecule has 0 saturated carbocycles.